The summed E-state index contributed by atoms with van der Waals surface area (Å²) in [7, 11) is -0.0596. The highest BCUT2D eigenvalue weighted by atomic mass is 35.5. The molecule has 0 spiro atoms. The second kappa shape index (κ2) is 5.37. The highest BCUT2D eigenvalue weighted by Crippen LogP contribution is 2.21. The number of ether oxygens (including phenoxy) is 2. The first-order valence-corrected chi connectivity index (χ1v) is 4.72. The van der Waals surface area contributed by atoms with Crippen molar-refractivity contribution in [2.45, 2.75) is 6.92 Å². The monoisotopic (exact) mass is 230 g/mol. The fraction of sp³-hybridized carbons (Fsp3) is 0.333. The van der Waals surface area contributed by atoms with Crippen molar-refractivity contribution < 1.29 is 19.5 Å². The molecule has 4 nitrogen and oxygen atoms in total. The van der Waals surface area contributed by atoms with Crippen LogP contribution >= 0.6 is 11.6 Å². The van der Waals surface area contributed by atoms with E-state index in [0.717, 1.165) is 5.56 Å². The van der Waals surface area contributed by atoms with Gasteiger partial charge in [-0.2, -0.15) is 0 Å². The van der Waals surface area contributed by atoms with Crippen molar-refractivity contribution in [1.29, 1.82) is 0 Å². The van der Waals surface area contributed by atoms with Crippen LogP contribution in [0.3, 0.4) is 0 Å². The summed E-state index contributed by atoms with van der Waals surface area (Å²) in [5.74, 6) is 0.561. The van der Waals surface area contributed by atoms with Gasteiger partial charge in [-0.15, -0.1) is 0 Å². The molecule has 0 heterocycles. The predicted molar refractivity (Wildman–Crippen MR) is 58.5 cm³/mol. The maximum atomic E-state index is 9.00. The lowest BCUT2D eigenvalue weighted by Gasteiger charge is -2.11. The molecule has 6 heteroatoms. The van der Waals surface area contributed by atoms with Gasteiger partial charge in [-0.1, -0.05) is 17.7 Å². The first-order chi connectivity index (χ1) is 7.06. The number of aryl methyl sites for hydroxylation is 1. The van der Waals surface area contributed by atoms with Crippen LogP contribution in [0.25, 0.3) is 0 Å². The topological polar surface area (TPSA) is 58.9 Å². The van der Waals surface area contributed by atoms with Crippen molar-refractivity contribution >= 4 is 24.2 Å². The van der Waals surface area contributed by atoms with E-state index in [1.54, 1.807) is 13.0 Å². The van der Waals surface area contributed by atoms with Gasteiger partial charge in [0.1, 0.15) is 5.75 Å². The predicted octanol–water partition coefficient (Wildman–Crippen LogP) is 0.311. The van der Waals surface area contributed by atoms with Gasteiger partial charge < -0.3 is 19.5 Å². The molecule has 0 bridgehead atoms. The smallest absolute Gasteiger partial charge is 0.467 e. The van der Waals surface area contributed by atoms with Crippen LogP contribution in [0.4, 0.5) is 0 Å². The first kappa shape index (κ1) is 12.3. The lowest BCUT2D eigenvalue weighted by atomic mass is 9.79. The Bertz CT molecular complexity index is 343. The zero-order valence-corrected chi connectivity index (χ0v) is 9.28. The van der Waals surface area contributed by atoms with Crippen molar-refractivity contribution in [1.82, 2.24) is 0 Å². The zero-order chi connectivity index (χ0) is 11.4. The molecule has 0 aliphatic carbocycles. The molecule has 0 aliphatic rings. The lowest BCUT2D eigenvalue weighted by Crippen LogP contribution is -2.31. The third-order valence-corrected chi connectivity index (χ3v) is 2.23. The summed E-state index contributed by atoms with van der Waals surface area (Å²) in [5.41, 5.74) is 1.03. The Morgan fingerprint density at radius 3 is 2.60 bits per heavy atom. The Hall–Kier alpha value is -0.745. The molecule has 0 fully saturated rings. The van der Waals surface area contributed by atoms with Gasteiger partial charge in [0.05, 0.1) is 0 Å². The van der Waals surface area contributed by atoms with E-state index in [2.05, 4.69) is 0 Å². The summed E-state index contributed by atoms with van der Waals surface area (Å²) in [6.07, 6.45) is 0. The van der Waals surface area contributed by atoms with Crippen molar-refractivity contribution in [3.8, 4) is 5.75 Å². The molecule has 0 radical (unpaired) electrons. The van der Waals surface area contributed by atoms with Gasteiger partial charge in [0.2, 0.25) is 0 Å². The molecule has 15 heavy (non-hydrogen) atoms. The van der Waals surface area contributed by atoms with E-state index < -0.39 is 7.12 Å². The van der Waals surface area contributed by atoms with Crippen LogP contribution in [-0.2, 0) is 4.74 Å². The van der Waals surface area contributed by atoms with Gasteiger partial charge in [-0.05, 0) is 18.6 Å². The van der Waals surface area contributed by atoms with Crippen LogP contribution in [0.2, 0.25) is 5.02 Å². The normalized spacial score (nSPS) is 10.2. The molecule has 1 aromatic rings. The standard InChI is InChI=1S/C9H12BClO4/c1-6-3-7(10(12)13)8(11)4-9(6)15-5-14-2/h3-4,12-13H,5H2,1-2H3. The van der Waals surface area contributed by atoms with E-state index in [9.17, 15) is 0 Å². The zero-order valence-electron chi connectivity index (χ0n) is 8.53. The van der Waals surface area contributed by atoms with E-state index in [1.807, 2.05) is 0 Å². The van der Waals surface area contributed by atoms with Crippen molar-refractivity contribution in [2.24, 2.45) is 0 Å². The number of hydrogen-bond acceptors (Lipinski definition) is 4. The third-order valence-electron chi connectivity index (χ3n) is 1.90. The summed E-state index contributed by atoms with van der Waals surface area (Å²) in [5, 5.41) is 18.3. The van der Waals surface area contributed by atoms with Crippen molar-refractivity contribution in [2.75, 3.05) is 13.9 Å². The Morgan fingerprint density at radius 1 is 1.40 bits per heavy atom. The molecule has 0 amide bonds. The molecule has 1 rings (SSSR count). The highest BCUT2D eigenvalue weighted by Gasteiger charge is 2.17. The lowest BCUT2D eigenvalue weighted by molar-refractivity contribution is 0.0506. The van der Waals surface area contributed by atoms with Gasteiger partial charge in [-0.25, -0.2) is 0 Å². The minimum Gasteiger partial charge on any atom is -0.467 e. The molecular formula is C9H12BClO4. The number of halogens is 1. The molecular weight excluding hydrogens is 218 g/mol. The molecule has 82 valence electrons. The number of rotatable bonds is 4. The largest absolute Gasteiger partial charge is 0.489 e. The van der Waals surface area contributed by atoms with Crippen LogP contribution in [0.1, 0.15) is 5.56 Å². The first-order valence-electron chi connectivity index (χ1n) is 4.34. The van der Waals surface area contributed by atoms with Crippen LogP contribution in [-0.4, -0.2) is 31.1 Å². The van der Waals surface area contributed by atoms with Gasteiger partial charge in [0.25, 0.3) is 0 Å². The molecule has 0 unspecified atom stereocenters. The summed E-state index contributed by atoms with van der Waals surface area (Å²) in [6.45, 7) is 1.91. The number of methoxy groups -OCH3 is 1. The fourth-order valence-corrected chi connectivity index (χ4v) is 1.41. The number of benzene rings is 1. The average Bonchev–Trinajstić information content (AvgIpc) is 2.18. The number of hydrogen-bond donors (Lipinski definition) is 2. The van der Waals surface area contributed by atoms with Gasteiger partial charge in [0, 0.05) is 17.6 Å². The summed E-state index contributed by atoms with van der Waals surface area (Å²) >= 11 is 5.83. The molecule has 0 saturated heterocycles. The van der Waals surface area contributed by atoms with E-state index in [0.29, 0.717) is 5.75 Å². The fourth-order valence-electron chi connectivity index (χ4n) is 1.16. The minimum atomic E-state index is -1.58. The highest BCUT2D eigenvalue weighted by molar-refractivity contribution is 6.62. The van der Waals surface area contributed by atoms with E-state index in [-0.39, 0.29) is 17.3 Å². The van der Waals surface area contributed by atoms with E-state index >= 15 is 0 Å². The second-order valence-electron chi connectivity index (χ2n) is 3.06. The van der Waals surface area contributed by atoms with Crippen LogP contribution in [0, 0.1) is 6.92 Å². The maximum absolute atomic E-state index is 9.00. The second-order valence-corrected chi connectivity index (χ2v) is 3.47. The third kappa shape index (κ3) is 3.10. The Labute approximate surface area is 93.5 Å². The molecule has 0 atom stereocenters. The van der Waals surface area contributed by atoms with Crippen LogP contribution in [0.15, 0.2) is 12.1 Å². The van der Waals surface area contributed by atoms with Crippen molar-refractivity contribution in [3.63, 3.8) is 0 Å². The molecule has 1 aromatic carbocycles. The average molecular weight is 230 g/mol. The Morgan fingerprint density at radius 2 is 2.07 bits per heavy atom. The Kier molecular flexibility index (Phi) is 4.41. The maximum Gasteiger partial charge on any atom is 0.489 e. The molecule has 0 aromatic heterocycles. The SMILES string of the molecule is COCOc1cc(Cl)c(B(O)O)cc1C. The minimum absolute atomic E-state index is 0.123. The van der Waals surface area contributed by atoms with Crippen LogP contribution < -0.4 is 10.2 Å². The van der Waals surface area contributed by atoms with E-state index in [4.69, 9.17) is 31.1 Å². The van der Waals surface area contributed by atoms with Gasteiger partial charge in [0.15, 0.2) is 6.79 Å². The summed E-state index contributed by atoms with van der Waals surface area (Å²) in [6, 6.07) is 3.10. The summed E-state index contributed by atoms with van der Waals surface area (Å²) < 4.78 is 9.99. The van der Waals surface area contributed by atoms with Crippen molar-refractivity contribution in [3.05, 3.63) is 22.7 Å². The molecule has 2 N–H and O–H groups in total. The molecule has 0 saturated carbocycles. The van der Waals surface area contributed by atoms with Crippen LogP contribution in [0.5, 0.6) is 5.75 Å². The van der Waals surface area contributed by atoms with Gasteiger partial charge in [-0.3, -0.25) is 0 Å². The van der Waals surface area contributed by atoms with E-state index in [1.165, 1.54) is 13.2 Å². The molecule has 0 aliphatic heterocycles. The van der Waals surface area contributed by atoms with Gasteiger partial charge >= 0.3 is 7.12 Å². The Balaban J connectivity index is 2.97. The quantitative estimate of drug-likeness (QED) is 0.577. The summed E-state index contributed by atoms with van der Waals surface area (Å²) in [4.78, 5) is 0.